The summed E-state index contributed by atoms with van der Waals surface area (Å²) in [6.45, 7) is 3.28. The second-order valence-electron chi connectivity index (χ2n) is 4.52. The smallest absolute Gasteiger partial charge is 0.200 e. The number of phenolic OH excluding ortho intramolecular Hbond substituents is 1. The molecule has 0 aliphatic heterocycles. The first-order valence-corrected chi connectivity index (χ1v) is 6.41. The summed E-state index contributed by atoms with van der Waals surface area (Å²) in [6.07, 6.45) is 1.45. The summed E-state index contributed by atoms with van der Waals surface area (Å²) in [5.74, 6) is 0.822. The van der Waals surface area contributed by atoms with Gasteiger partial charge in [0.05, 0.1) is 20.3 Å². The third kappa shape index (κ3) is 4.96. The highest BCUT2D eigenvalue weighted by molar-refractivity contribution is 5.52. The molecule has 1 rings (SSSR count). The minimum Gasteiger partial charge on any atom is -0.502 e. The van der Waals surface area contributed by atoms with Crippen LogP contribution in [0.25, 0.3) is 0 Å². The number of hydrogen-bond donors (Lipinski definition) is 3. The lowest BCUT2D eigenvalue weighted by molar-refractivity contribution is 0.181. The molecule has 0 aliphatic carbocycles. The van der Waals surface area contributed by atoms with E-state index in [9.17, 15) is 5.11 Å². The van der Waals surface area contributed by atoms with E-state index < -0.39 is 0 Å². The molecular weight excluding hydrogens is 246 g/mol. The van der Waals surface area contributed by atoms with Crippen LogP contribution in [0.2, 0.25) is 0 Å². The number of aromatic hydroxyl groups is 1. The van der Waals surface area contributed by atoms with E-state index in [4.69, 9.17) is 14.6 Å². The minimum atomic E-state index is -0.254. The van der Waals surface area contributed by atoms with Gasteiger partial charge in [0.25, 0.3) is 0 Å². The molecule has 5 nitrogen and oxygen atoms in total. The molecule has 0 saturated heterocycles. The normalized spacial score (nSPS) is 12.2. The summed E-state index contributed by atoms with van der Waals surface area (Å²) >= 11 is 0. The van der Waals surface area contributed by atoms with Crippen LogP contribution in [-0.2, 0) is 6.54 Å². The Kier molecular flexibility index (Phi) is 6.45. The summed E-state index contributed by atoms with van der Waals surface area (Å²) in [7, 11) is 3.02. The summed E-state index contributed by atoms with van der Waals surface area (Å²) in [6, 6.07) is 3.55. The summed E-state index contributed by atoms with van der Waals surface area (Å²) < 4.78 is 10.2. The van der Waals surface area contributed by atoms with Gasteiger partial charge in [-0.1, -0.05) is 0 Å². The predicted octanol–water partition coefficient (Wildman–Crippen LogP) is 1.66. The number of aliphatic hydroxyl groups is 1. The lowest BCUT2D eigenvalue weighted by Gasteiger charge is -2.12. The molecule has 1 atom stereocenters. The molecule has 0 bridgehead atoms. The largest absolute Gasteiger partial charge is 0.502 e. The molecule has 0 aromatic heterocycles. The molecule has 0 saturated carbocycles. The molecule has 0 fully saturated rings. The van der Waals surface area contributed by atoms with Crippen LogP contribution in [0.3, 0.4) is 0 Å². The minimum absolute atomic E-state index is 0.0165. The number of nitrogens with one attached hydrogen (secondary N) is 1. The second kappa shape index (κ2) is 7.86. The maximum Gasteiger partial charge on any atom is 0.200 e. The number of rotatable bonds is 8. The fourth-order valence-electron chi connectivity index (χ4n) is 1.81. The van der Waals surface area contributed by atoms with Crippen molar-refractivity contribution in [1.82, 2.24) is 5.32 Å². The molecule has 5 heteroatoms. The number of methoxy groups -OCH3 is 2. The van der Waals surface area contributed by atoms with E-state index in [-0.39, 0.29) is 11.9 Å². The zero-order valence-electron chi connectivity index (χ0n) is 11.8. The molecule has 0 amide bonds. The molecule has 108 valence electrons. The number of benzene rings is 1. The molecule has 3 N–H and O–H groups in total. The van der Waals surface area contributed by atoms with E-state index >= 15 is 0 Å². The van der Waals surface area contributed by atoms with Gasteiger partial charge in [0.2, 0.25) is 5.75 Å². The van der Waals surface area contributed by atoms with Crippen molar-refractivity contribution >= 4 is 0 Å². The van der Waals surface area contributed by atoms with Gasteiger partial charge in [-0.25, -0.2) is 0 Å². The van der Waals surface area contributed by atoms with E-state index in [0.717, 1.165) is 24.9 Å². The van der Waals surface area contributed by atoms with Crippen LogP contribution in [0, 0.1) is 0 Å². The van der Waals surface area contributed by atoms with Crippen molar-refractivity contribution < 1.29 is 19.7 Å². The molecule has 1 aromatic rings. The van der Waals surface area contributed by atoms with Crippen LogP contribution in [0.15, 0.2) is 12.1 Å². The van der Waals surface area contributed by atoms with Crippen molar-refractivity contribution in [3.8, 4) is 17.2 Å². The Hall–Kier alpha value is -1.46. The third-order valence-electron chi connectivity index (χ3n) is 2.84. The summed E-state index contributed by atoms with van der Waals surface area (Å²) in [5, 5.41) is 22.2. The van der Waals surface area contributed by atoms with Crippen LogP contribution < -0.4 is 14.8 Å². The number of phenols is 1. The second-order valence-corrected chi connectivity index (χ2v) is 4.52. The molecule has 0 radical (unpaired) electrons. The van der Waals surface area contributed by atoms with E-state index in [0.29, 0.717) is 18.0 Å². The van der Waals surface area contributed by atoms with Gasteiger partial charge in [0.15, 0.2) is 11.5 Å². The quantitative estimate of drug-likeness (QED) is 0.626. The zero-order chi connectivity index (χ0) is 14.3. The number of hydrogen-bond acceptors (Lipinski definition) is 5. The van der Waals surface area contributed by atoms with Crippen molar-refractivity contribution in [1.29, 1.82) is 0 Å². The third-order valence-corrected chi connectivity index (χ3v) is 2.84. The first-order chi connectivity index (χ1) is 9.08. The summed E-state index contributed by atoms with van der Waals surface area (Å²) in [5.41, 5.74) is 0.976. The van der Waals surface area contributed by atoms with E-state index in [1.807, 2.05) is 0 Å². The van der Waals surface area contributed by atoms with Crippen molar-refractivity contribution in [3.63, 3.8) is 0 Å². The highest BCUT2D eigenvalue weighted by atomic mass is 16.5. The standard InChI is InChI=1S/C14H23NO4/c1-10(16)5-4-6-15-9-11-7-12(18-2)14(17)13(8-11)19-3/h7-8,10,15-17H,4-6,9H2,1-3H3. The Morgan fingerprint density at radius 2 is 1.79 bits per heavy atom. The number of aliphatic hydroxyl groups excluding tert-OH is 1. The van der Waals surface area contributed by atoms with Crippen LogP contribution in [0.4, 0.5) is 0 Å². The Labute approximate surface area is 114 Å². The van der Waals surface area contributed by atoms with Crippen molar-refractivity contribution in [2.24, 2.45) is 0 Å². The maximum atomic E-state index is 9.79. The Bertz CT molecular complexity index is 368. The fourth-order valence-corrected chi connectivity index (χ4v) is 1.81. The average Bonchev–Trinajstić information content (AvgIpc) is 2.39. The fraction of sp³-hybridized carbons (Fsp3) is 0.571. The monoisotopic (exact) mass is 269 g/mol. The van der Waals surface area contributed by atoms with Crippen molar-refractivity contribution in [2.75, 3.05) is 20.8 Å². The van der Waals surface area contributed by atoms with Crippen molar-refractivity contribution in [3.05, 3.63) is 17.7 Å². The molecule has 0 heterocycles. The van der Waals surface area contributed by atoms with E-state index in [2.05, 4.69) is 5.32 Å². The average molecular weight is 269 g/mol. The van der Waals surface area contributed by atoms with Crippen LogP contribution in [-0.4, -0.2) is 37.1 Å². The summed E-state index contributed by atoms with van der Waals surface area (Å²) in [4.78, 5) is 0. The van der Waals surface area contributed by atoms with E-state index in [1.54, 1.807) is 19.1 Å². The molecular formula is C14H23NO4. The lowest BCUT2D eigenvalue weighted by atomic mass is 10.1. The Balaban J connectivity index is 2.54. The van der Waals surface area contributed by atoms with Crippen LogP contribution >= 0.6 is 0 Å². The maximum absolute atomic E-state index is 9.79. The highest BCUT2D eigenvalue weighted by Gasteiger charge is 2.10. The SMILES string of the molecule is COc1cc(CNCCCC(C)O)cc(OC)c1O. The van der Waals surface area contributed by atoms with Gasteiger partial charge in [-0.05, 0) is 44.0 Å². The van der Waals surface area contributed by atoms with Gasteiger partial charge in [0, 0.05) is 6.54 Å². The van der Waals surface area contributed by atoms with Gasteiger partial charge in [0.1, 0.15) is 0 Å². The Morgan fingerprint density at radius 1 is 1.21 bits per heavy atom. The zero-order valence-corrected chi connectivity index (χ0v) is 11.8. The molecule has 0 spiro atoms. The Morgan fingerprint density at radius 3 is 2.26 bits per heavy atom. The predicted molar refractivity (Wildman–Crippen MR) is 73.8 cm³/mol. The lowest BCUT2D eigenvalue weighted by Crippen LogP contribution is -2.16. The first kappa shape index (κ1) is 15.6. The van der Waals surface area contributed by atoms with E-state index in [1.165, 1.54) is 14.2 Å². The number of ether oxygens (including phenoxy) is 2. The van der Waals surface area contributed by atoms with Gasteiger partial charge in [-0.2, -0.15) is 0 Å². The molecule has 0 aliphatic rings. The molecule has 19 heavy (non-hydrogen) atoms. The van der Waals surface area contributed by atoms with Gasteiger partial charge in [-0.3, -0.25) is 0 Å². The van der Waals surface area contributed by atoms with Gasteiger partial charge in [-0.15, -0.1) is 0 Å². The van der Waals surface area contributed by atoms with Gasteiger partial charge >= 0.3 is 0 Å². The topological polar surface area (TPSA) is 71.0 Å². The highest BCUT2D eigenvalue weighted by Crippen LogP contribution is 2.36. The molecule has 1 aromatic carbocycles. The van der Waals surface area contributed by atoms with Gasteiger partial charge < -0.3 is 25.0 Å². The van der Waals surface area contributed by atoms with Crippen LogP contribution in [0.5, 0.6) is 17.2 Å². The first-order valence-electron chi connectivity index (χ1n) is 6.41. The van der Waals surface area contributed by atoms with Crippen molar-refractivity contribution in [2.45, 2.75) is 32.4 Å². The van der Waals surface area contributed by atoms with Crippen LogP contribution in [0.1, 0.15) is 25.3 Å². The molecule has 1 unspecified atom stereocenters.